The largest absolute Gasteiger partial charge is 0.492 e. The standard InChI is InChI=1S/C17H22N2O4/c18-12-5-11-1-2-13(6-15(11)22-8-12)23-14-3-4-17(7-14)9-19(10-17)16(20)21/h1-2,6,12,14H,3-5,7-10,18H2,(H,20,21). The maximum Gasteiger partial charge on any atom is 0.407 e. The molecule has 1 aliphatic carbocycles. The zero-order valence-corrected chi connectivity index (χ0v) is 13.0. The fourth-order valence-electron chi connectivity index (χ4n) is 4.08. The van der Waals surface area contributed by atoms with Gasteiger partial charge in [0.25, 0.3) is 0 Å². The van der Waals surface area contributed by atoms with Crippen molar-refractivity contribution in [1.82, 2.24) is 4.90 Å². The maximum absolute atomic E-state index is 10.9. The number of nitrogens with two attached hydrogens (primary N) is 1. The van der Waals surface area contributed by atoms with Crippen LogP contribution in [-0.2, 0) is 6.42 Å². The number of benzene rings is 1. The molecule has 0 radical (unpaired) electrons. The summed E-state index contributed by atoms with van der Waals surface area (Å²) >= 11 is 0. The molecule has 6 heteroatoms. The Bertz CT molecular complexity index is 627. The first kappa shape index (κ1) is 14.6. The van der Waals surface area contributed by atoms with Crippen molar-refractivity contribution < 1.29 is 19.4 Å². The molecule has 3 aliphatic rings. The van der Waals surface area contributed by atoms with Gasteiger partial charge < -0.3 is 25.2 Å². The van der Waals surface area contributed by atoms with E-state index in [-0.39, 0.29) is 17.6 Å². The Morgan fingerprint density at radius 3 is 3.04 bits per heavy atom. The van der Waals surface area contributed by atoms with Gasteiger partial charge in [-0.05, 0) is 37.3 Å². The number of carbonyl (C=O) groups is 1. The van der Waals surface area contributed by atoms with E-state index in [1.165, 1.54) is 4.90 Å². The van der Waals surface area contributed by atoms with E-state index in [0.717, 1.165) is 42.7 Å². The van der Waals surface area contributed by atoms with Gasteiger partial charge in [0.2, 0.25) is 0 Å². The van der Waals surface area contributed by atoms with Crippen molar-refractivity contribution in [1.29, 1.82) is 0 Å². The van der Waals surface area contributed by atoms with E-state index in [4.69, 9.17) is 20.3 Å². The van der Waals surface area contributed by atoms with Gasteiger partial charge in [-0.15, -0.1) is 0 Å². The topological polar surface area (TPSA) is 85.0 Å². The van der Waals surface area contributed by atoms with Crippen LogP contribution in [0.15, 0.2) is 18.2 Å². The van der Waals surface area contributed by atoms with Crippen LogP contribution in [0.1, 0.15) is 24.8 Å². The van der Waals surface area contributed by atoms with Gasteiger partial charge in [0.15, 0.2) is 0 Å². The lowest BCUT2D eigenvalue weighted by molar-refractivity contribution is 0.00790. The fourth-order valence-corrected chi connectivity index (χ4v) is 4.08. The zero-order chi connectivity index (χ0) is 16.0. The van der Waals surface area contributed by atoms with Crippen LogP contribution in [0.5, 0.6) is 11.5 Å². The molecule has 2 aliphatic heterocycles. The van der Waals surface area contributed by atoms with E-state index in [1.54, 1.807) is 0 Å². The molecule has 1 aromatic rings. The van der Waals surface area contributed by atoms with Crippen LogP contribution >= 0.6 is 0 Å². The van der Waals surface area contributed by atoms with Gasteiger partial charge in [0, 0.05) is 30.6 Å². The van der Waals surface area contributed by atoms with E-state index >= 15 is 0 Å². The Morgan fingerprint density at radius 1 is 1.43 bits per heavy atom. The second kappa shape index (κ2) is 5.30. The molecule has 3 N–H and O–H groups in total. The molecule has 0 aromatic heterocycles. The van der Waals surface area contributed by atoms with Crippen molar-refractivity contribution in [3.63, 3.8) is 0 Å². The first-order valence-electron chi connectivity index (χ1n) is 8.19. The number of carboxylic acid groups (broad SMARTS) is 1. The third-order valence-electron chi connectivity index (χ3n) is 5.26. The van der Waals surface area contributed by atoms with Gasteiger partial charge in [-0.25, -0.2) is 4.79 Å². The highest BCUT2D eigenvalue weighted by Crippen LogP contribution is 2.46. The summed E-state index contributed by atoms with van der Waals surface area (Å²) in [6, 6.07) is 6.04. The predicted octanol–water partition coefficient (Wildman–Crippen LogP) is 1.86. The maximum atomic E-state index is 10.9. The van der Waals surface area contributed by atoms with E-state index in [1.807, 2.05) is 18.2 Å². The summed E-state index contributed by atoms with van der Waals surface area (Å²) in [6.07, 6.45) is 3.14. The summed E-state index contributed by atoms with van der Waals surface area (Å²) in [6.45, 7) is 1.84. The molecule has 1 saturated heterocycles. The van der Waals surface area contributed by atoms with Crippen molar-refractivity contribution in [2.75, 3.05) is 19.7 Å². The summed E-state index contributed by atoms with van der Waals surface area (Å²) in [5.41, 5.74) is 7.18. The molecule has 124 valence electrons. The third kappa shape index (κ3) is 2.72. The van der Waals surface area contributed by atoms with Crippen molar-refractivity contribution in [3.05, 3.63) is 23.8 Å². The number of likely N-dealkylation sites (tertiary alicyclic amines) is 1. The highest BCUT2D eigenvalue weighted by atomic mass is 16.5. The Kier molecular flexibility index (Phi) is 3.37. The normalized spacial score (nSPS) is 28.0. The zero-order valence-electron chi connectivity index (χ0n) is 13.0. The number of hydrogen-bond donors (Lipinski definition) is 2. The van der Waals surface area contributed by atoms with E-state index in [0.29, 0.717) is 19.7 Å². The molecule has 1 spiro atoms. The lowest BCUT2D eigenvalue weighted by Crippen LogP contribution is -2.57. The van der Waals surface area contributed by atoms with Gasteiger partial charge in [0.05, 0.1) is 6.10 Å². The van der Waals surface area contributed by atoms with Crippen molar-refractivity contribution >= 4 is 6.09 Å². The molecule has 6 nitrogen and oxygen atoms in total. The van der Waals surface area contributed by atoms with E-state index < -0.39 is 6.09 Å². The molecule has 4 rings (SSSR count). The SMILES string of the molecule is NC1COc2cc(OC3CCC4(C3)CN(C(=O)O)C4)ccc2C1. The smallest absolute Gasteiger partial charge is 0.407 e. The van der Waals surface area contributed by atoms with Gasteiger partial charge in [-0.1, -0.05) is 6.07 Å². The van der Waals surface area contributed by atoms with E-state index in [2.05, 4.69) is 0 Å². The quantitative estimate of drug-likeness (QED) is 0.869. The summed E-state index contributed by atoms with van der Waals surface area (Å²) in [5.74, 6) is 1.70. The molecule has 2 fully saturated rings. The fraction of sp³-hybridized carbons (Fsp3) is 0.588. The lowest BCUT2D eigenvalue weighted by atomic mass is 9.78. The van der Waals surface area contributed by atoms with Crippen LogP contribution in [-0.4, -0.2) is 47.9 Å². The molecular formula is C17H22N2O4. The van der Waals surface area contributed by atoms with Gasteiger partial charge in [-0.3, -0.25) is 0 Å². The summed E-state index contributed by atoms with van der Waals surface area (Å²) < 4.78 is 11.8. The molecule has 1 saturated carbocycles. The van der Waals surface area contributed by atoms with Crippen LogP contribution in [0.3, 0.4) is 0 Å². The Labute approximate surface area is 135 Å². The third-order valence-corrected chi connectivity index (χ3v) is 5.26. The Hall–Kier alpha value is -1.95. The summed E-state index contributed by atoms with van der Waals surface area (Å²) in [5, 5.41) is 8.98. The second-order valence-electron chi connectivity index (χ2n) is 7.17. The molecule has 23 heavy (non-hydrogen) atoms. The molecule has 1 aromatic carbocycles. The number of hydrogen-bond acceptors (Lipinski definition) is 4. The van der Waals surface area contributed by atoms with Crippen molar-refractivity contribution in [2.45, 2.75) is 37.8 Å². The van der Waals surface area contributed by atoms with Crippen LogP contribution in [0.25, 0.3) is 0 Å². The number of amides is 1. The number of fused-ring (bicyclic) bond motifs is 1. The van der Waals surface area contributed by atoms with Gasteiger partial charge in [0.1, 0.15) is 18.1 Å². The minimum atomic E-state index is -0.815. The first-order chi connectivity index (χ1) is 11.0. The predicted molar refractivity (Wildman–Crippen MR) is 83.9 cm³/mol. The Balaban J connectivity index is 1.38. The van der Waals surface area contributed by atoms with Gasteiger partial charge >= 0.3 is 6.09 Å². The van der Waals surface area contributed by atoms with Crippen molar-refractivity contribution in [3.8, 4) is 11.5 Å². The minimum Gasteiger partial charge on any atom is -0.492 e. The summed E-state index contributed by atoms with van der Waals surface area (Å²) in [7, 11) is 0. The van der Waals surface area contributed by atoms with E-state index in [9.17, 15) is 4.79 Å². The average molecular weight is 318 g/mol. The highest BCUT2D eigenvalue weighted by molar-refractivity contribution is 5.66. The van der Waals surface area contributed by atoms with Crippen LogP contribution < -0.4 is 15.2 Å². The number of ether oxygens (including phenoxy) is 2. The van der Waals surface area contributed by atoms with Crippen molar-refractivity contribution in [2.24, 2.45) is 11.1 Å². The van der Waals surface area contributed by atoms with Crippen LogP contribution in [0.4, 0.5) is 4.79 Å². The average Bonchev–Trinajstić information content (AvgIpc) is 2.90. The number of nitrogens with zero attached hydrogens (tertiary/aromatic N) is 1. The highest BCUT2D eigenvalue weighted by Gasteiger charge is 2.50. The Morgan fingerprint density at radius 2 is 2.26 bits per heavy atom. The lowest BCUT2D eigenvalue weighted by Gasteiger charge is -2.46. The second-order valence-corrected chi connectivity index (χ2v) is 7.17. The molecule has 2 atom stereocenters. The van der Waals surface area contributed by atoms with Gasteiger partial charge in [-0.2, -0.15) is 0 Å². The molecule has 0 bridgehead atoms. The van der Waals surface area contributed by atoms with Crippen LogP contribution in [0.2, 0.25) is 0 Å². The molecule has 2 heterocycles. The molecule has 1 amide bonds. The summed E-state index contributed by atoms with van der Waals surface area (Å²) in [4.78, 5) is 12.4. The first-order valence-corrected chi connectivity index (χ1v) is 8.19. The van der Waals surface area contributed by atoms with Crippen LogP contribution in [0, 0.1) is 5.41 Å². The molecule has 2 unspecified atom stereocenters. The number of rotatable bonds is 2. The molecular weight excluding hydrogens is 296 g/mol. The minimum absolute atomic E-state index is 0.0692. The monoisotopic (exact) mass is 318 g/mol.